The molecule has 0 aromatic heterocycles. The summed E-state index contributed by atoms with van der Waals surface area (Å²) >= 11 is 0. The Labute approximate surface area is 89.3 Å². The minimum absolute atomic E-state index is 0.738. The second-order valence-electron chi connectivity index (χ2n) is 3.57. The van der Waals surface area contributed by atoms with Gasteiger partial charge in [-0.15, -0.1) is 0 Å². The predicted octanol–water partition coefficient (Wildman–Crippen LogP) is 4.28. The molecule has 2 unspecified atom stereocenters. The fraction of sp³-hybridized carbons (Fsp3) is 0.385. The van der Waals surface area contributed by atoms with Crippen molar-refractivity contribution in [2.75, 3.05) is 6.16 Å². The molecule has 0 saturated heterocycles. The number of hydrogen-bond acceptors (Lipinski definition) is 0. The third-order valence-electron chi connectivity index (χ3n) is 2.13. The van der Waals surface area contributed by atoms with Crippen LogP contribution in [0.4, 0.5) is 0 Å². The van der Waals surface area contributed by atoms with E-state index in [1.807, 2.05) is 6.92 Å². The summed E-state index contributed by atoms with van der Waals surface area (Å²) in [5, 5.41) is 1.52. The summed E-state index contributed by atoms with van der Waals surface area (Å²) in [4.78, 5) is 0. The summed E-state index contributed by atoms with van der Waals surface area (Å²) in [6.45, 7) is 4.32. The molecule has 0 saturated carbocycles. The van der Waals surface area contributed by atoms with Gasteiger partial charge in [-0.3, -0.25) is 0 Å². The maximum atomic E-state index is 2.40. The molecule has 0 radical (unpaired) electrons. The van der Waals surface area contributed by atoms with Crippen molar-refractivity contribution in [3.05, 3.63) is 47.8 Å². The molecule has 1 rings (SSSR count). The van der Waals surface area contributed by atoms with Crippen LogP contribution in [-0.2, 0) is 0 Å². The molecule has 0 amide bonds. The van der Waals surface area contributed by atoms with Gasteiger partial charge in [0.15, 0.2) is 0 Å². The maximum absolute atomic E-state index is 2.40. The van der Waals surface area contributed by atoms with Crippen LogP contribution in [0, 0.1) is 5.92 Å². The van der Waals surface area contributed by atoms with Crippen LogP contribution >= 0.6 is 8.58 Å². The predicted molar refractivity (Wildman–Crippen MR) is 68.1 cm³/mol. The summed E-state index contributed by atoms with van der Waals surface area (Å²) in [6.07, 6.45) is 17.9. The minimum Gasteiger partial charge on any atom is -0.0877 e. The lowest BCUT2D eigenvalue weighted by Gasteiger charge is -2.11. The van der Waals surface area contributed by atoms with E-state index >= 15 is 0 Å². The second-order valence-corrected chi connectivity index (χ2v) is 4.91. The summed E-state index contributed by atoms with van der Waals surface area (Å²) < 4.78 is 0. The Balaban J connectivity index is 2.27. The third-order valence-corrected chi connectivity index (χ3v) is 3.31. The molecule has 0 nitrogen and oxygen atoms in total. The topological polar surface area (TPSA) is 0 Å². The van der Waals surface area contributed by atoms with E-state index in [0.29, 0.717) is 0 Å². The highest BCUT2D eigenvalue weighted by Gasteiger charge is 2.02. The Morgan fingerprint density at radius 1 is 1.50 bits per heavy atom. The second kappa shape index (κ2) is 6.79. The van der Waals surface area contributed by atoms with Crippen molar-refractivity contribution in [1.29, 1.82) is 0 Å². The Morgan fingerprint density at radius 3 is 3.07 bits per heavy atom. The maximum Gasteiger partial charge on any atom is -0.0129 e. The largest absolute Gasteiger partial charge is 0.0877 e. The van der Waals surface area contributed by atoms with Gasteiger partial charge < -0.3 is 0 Å². The monoisotopic (exact) mass is 206 g/mol. The molecule has 76 valence electrons. The van der Waals surface area contributed by atoms with Gasteiger partial charge in [-0.1, -0.05) is 58.0 Å². The molecule has 0 N–H and O–H groups in total. The lowest BCUT2D eigenvalue weighted by Crippen LogP contribution is -1.92. The van der Waals surface area contributed by atoms with Crippen LogP contribution in [-0.4, -0.2) is 6.16 Å². The third kappa shape index (κ3) is 4.58. The SMILES string of the molecule is C/C=C\C=C/CPC1=CC(C)CC=C1. The lowest BCUT2D eigenvalue weighted by atomic mass is 10.0. The first-order chi connectivity index (χ1) is 6.83. The molecule has 2 atom stereocenters. The number of rotatable bonds is 4. The molecule has 14 heavy (non-hydrogen) atoms. The highest BCUT2D eigenvalue weighted by molar-refractivity contribution is 7.43. The van der Waals surface area contributed by atoms with E-state index in [1.54, 1.807) is 0 Å². The van der Waals surface area contributed by atoms with Crippen molar-refractivity contribution in [2.24, 2.45) is 5.92 Å². The Kier molecular flexibility index (Phi) is 5.56. The fourth-order valence-electron chi connectivity index (χ4n) is 1.39. The van der Waals surface area contributed by atoms with Crippen LogP contribution in [0.15, 0.2) is 47.8 Å². The standard InChI is InChI=1S/C13H19P/c1-3-4-5-6-10-14-13-9-7-8-12(2)11-13/h3-7,9,11-12,14H,8,10H2,1-2H3/b4-3-,6-5-. The van der Waals surface area contributed by atoms with Crippen molar-refractivity contribution < 1.29 is 0 Å². The molecule has 0 heterocycles. The van der Waals surface area contributed by atoms with Gasteiger partial charge in [-0.25, -0.2) is 0 Å². The first kappa shape index (κ1) is 11.5. The highest BCUT2D eigenvalue weighted by Crippen LogP contribution is 2.30. The summed E-state index contributed by atoms with van der Waals surface area (Å²) in [5.74, 6) is 0.738. The van der Waals surface area contributed by atoms with Gasteiger partial charge in [-0.05, 0) is 30.7 Å². The molecule has 1 aliphatic carbocycles. The van der Waals surface area contributed by atoms with Crippen LogP contribution in [0.2, 0.25) is 0 Å². The van der Waals surface area contributed by atoms with Crippen molar-refractivity contribution in [3.63, 3.8) is 0 Å². The Hall–Kier alpha value is -0.610. The van der Waals surface area contributed by atoms with E-state index in [1.165, 1.54) is 17.9 Å². The van der Waals surface area contributed by atoms with Gasteiger partial charge in [0.25, 0.3) is 0 Å². The van der Waals surface area contributed by atoms with Crippen LogP contribution in [0.3, 0.4) is 0 Å². The first-order valence-electron chi connectivity index (χ1n) is 5.23. The van der Waals surface area contributed by atoms with Crippen LogP contribution in [0.1, 0.15) is 20.3 Å². The van der Waals surface area contributed by atoms with E-state index in [4.69, 9.17) is 0 Å². The smallest absolute Gasteiger partial charge is 0.0129 e. The van der Waals surface area contributed by atoms with E-state index in [9.17, 15) is 0 Å². The molecular weight excluding hydrogens is 187 g/mol. The fourth-order valence-corrected chi connectivity index (χ4v) is 2.52. The number of allylic oxidation sites excluding steroid dienone is 8. The van der Waals surface area contributed by atoms with Gasteiger partial charge in [-0.2, -0.15) is 0 Å². The number of hydrogen-bond donors (Lipinski definition) is 0. The zero-order valence-corrected chi connectivity index (χ0v) is 10.0. The van der Waals surface area contributed by atoms with E-state index in [0.717, 1.165) is 14.5 Å². The quantitative estimate of drug-likeness (QED) is 0.476. The minimum atomic E-state index is 0.738. The van der Waals surface area contributed by atoms with E-state index in [-0.39, 0.29) is 0 Å². The van der Waals surface area contributed by atoms with Crippen LogP contribution < -0.4 is 0 Å². The molecule has 0 spiro atoms. The van der Waals surface area contributed by atoms with Crippen LogP contribution in [0.25, 0.3) is 0 Å². The van der Waals surface area contributed by atoms with Crippen LogP contribution in [0.5, 0.6) is 0 Å². The molecule has 0 aromatic carbocycles. The van der Waals surface area contributed by atoms with Gasteiger partial charge in [0.2, 0.25) is 0 Å². The summed E-state index contributed by atoms with van der Waals surface area (Å²) in [7, 11) is 0.932. The average molecular weight is 206 g/mol. The molecule has 0 aliphatic heterocycles. The lowest BCUT2D eigenvalue weighted by molar-refractivity contribution is 0.735. The van der Waals surface area contributed by atoms with Gasteiger partial charge >= 0.3 is 0 Å². The molecular formula is C13H19P. The van der Waals surface area contributed by atoms with Gasteiger partial charge in [0.1, 0.15) is 0 Å². The van der Waals surface area contributed by atoms with E-state index < -0.39 is 0 Å². The zero-order chi connectivity index (χ0) is 10.2. The molecule has 0 aromatic rings. The van der Waals surface area contributed by atoms with Crippen molar-refractivity contribution in [2.45, 2.75) is 20.3 Å². The molecule has 0 bridgehead atoms. The highest BCUT2D eigenvalue weighted by atomic mass is 31.1. The normalized spacial score (nSPS) is 23.0. The van der Waals surface area contributed by atoms with Gasteiger partial charge in [0, 0.05) is 0 Å². The van der Waals surface area contributed by atoms with E-state index in [2.05, 4.69) is 49.5 Å². The molecule has 1 heteroatoms. The molecule has 0 fully saturated rings. The van der Waals surface area contributed by atoms with Crippen molar-refractivity contribution in [3.8, 4) is 0 Å². The molecule has 1 aliphatic rings. The Morgan fingerprint density at radius 2 is 2.36 bits per heavy atom. The summed E-state index contributed by atoms with van der Waals surface area (Å²) in [6, 6.07) is 0. The average Bonchev–Trinajstić information content (AvgIpc) is 2.18. The summed E-state index contributed by atoms with van der Waals surface area (Å²) in [5.41, 5.74) is 0. The van der Waals surface area contributed by atoms with Crippen molar-refractivity contribution in [1.82, 2.24) is 0 Å². The van der Waals surface area contributed by atoms with Gasteiger partial charge in [0.05, 0.1) is 0 Å². The zero-order valence-electron chi connectivity index (χ0n) is 9.03. The first-order valence-corrected chi connectivity index (χ1v) is 6.43. The van der Waals surface area contributed by atoms with Crippen molar-refractivity contribution >= 4 is 8.58 Å². The Bertz CT molecular complexity index is 269.